The van der Waals surface area contributed by atoms with Crippen LogP contribution < -0.4 is 0 Å². The van der Waals surface area contributed by atoms with Gasteiger partial charge in [-0.1, -0.05) is 58.7 Å². The van der Waals surface area contributed by atoms with Crippen molar-refractivity contribution >= 4 is 11.6 Å². The van der Waals surface area contributed by atoms with Gasteiger partial charge in [-0.25, -0.2) is 0 Å². The third-order valence-electron chi connectivity index (χ3n) is 5.24. The molecule has 0 heterocycles. The van der Waals surface area contributed by atoms with Crippen LogP contribution in [0.1, 0.15) is 81.9 Å². The number of hydrogen-bond acceptors (Lipinski definition) is 0. The zero-order valence-electron chi connectivity index (χ0n) is 14.2. The van der Waals surface area contributed by atoms with Crippen molar-refractivity contribution in [2.45, 2.75) is 78.0 Å². The zero-order chi connectivity index (χ0) is 15.5. The van der Waals surface area contributed by atoms with Crippen LogP contribution >= 0.6 is 11.6 Å². The van der Waals surface area contributed by atoms with E-state index < -0.39 is 0 Å². The second-order valence-electron chi connectivity index (χ2n) is 7.27. The van der Waals surface area contributed by atoms with Gasteiger partial charge in [0.05, 0.1) is 5.38 Å². The van der Waals surface area contributed by atoms with E-state index in [1.807, 2.05) is 0 Å². The summed E-state index contributed by atoms with van der Waals surface area (Å²) in [6, 6.07) is 6.98. The van der Waals surface area contributed by atoms with E-state index in [0.717, 1.165) is 18.8 Å². The molecule has 1 aromatic rings. The smallest absolute Gasteiger partial charge is 0.0641 e. The fourth-order valence-electron chi connectivity index (χ4n) is 4.28. The Balaban J connectivity index is 2.30. The molecule has 0 saturated heterocycles. The molecular formula is C20H31Cl. The van der Waals surface area contributed by atoms with Crippen molar-refractivity contribution in [1.82, 2.24) is 0 Å². The lowest BCUT2D eigenvalue weighted by Crippen LogP contribution is -2.25. The van der Waals surface area contributed by atoms with E-state index in [9.17, 15) is 0 Å². The maximum absolute atomic E-state index is 7.04. The molecule has 118 valence electrons. The Morgan fingerprint density at radius 2 is 1.67 bits per heavy atom. The van der Waals surface area contributed by atoms with Crippen LogP contribution in [-0.2, 0) is 12.8 Å². The summed E-state index contributed by atoms with van der Waals surface area (Å²) in [4.78, 5) is 0. The Hall–Kier alpha value is -0.490. The summed E-state index contributed by atoms with van der Waals surface area (Å²) >= 11 is 7.04. The first kappa shape index (κ1) is 16.9. The molecule has 1 heteroatoms. The van der Waals surface area contributed by atoms with Crippen molar-refractivity contribution in [1.29, 1.82) is 0 Å². The number of halogens is 1. The van der Waals surface area contributed by atoms with E-state index in [1.165, 1.54) is 48.8 Å². The Morgan fingerprint density at radius 3 is 2.19 bits per heavy atom. The van der Waals surface area contributed by atoms with Gasteiger partial charge in [0.25, 0.3) is 0 Å². The molecule has 2 rings (SSSR count). The highest BCUT2D eigenvalue weighted by molar-refractivity contribution is 6.21. The first-order valence-corrected chi connectivity index (χ1v) is 9.21. The van der Waals surface area contributed by atoms with Gasteiger partial charge < -0.3 is 0 Å². The second-order valence-corrected chi connectivity index (χ2v) is 7.70. The van der Waals surface area contributed by atoms with Gasteiger partial charge in [0.2, 0.25) is 0 Å². The number of rotatable bonds is 6. The van der Waals surface area contributed by atoms with Gasteiger partial charge in [-0.05, 0) is 60.1 Å². The highest BCUT2D eigenvalue weighted by Crippen LogP contribution is 2.54. The molecule has 1 aliphatic rings. The summed E-state index contributed by atoms with van der Waals surface area (Å²) in [7, 11) is 0. The largest absolute Gasteiger partial charge is 0.117 e. The standard InChI is InChI=1S/C20H31Cl/c1-5-16-9-10-18(13-17(16)6-2)19(21)20(14-15(3)4)11-7-8-12-20/h9-10,13,15,19H,5-8,11-12,14H2,1-4H3. The predicted molar refractivity (Wildman–Crippen MR) is 94.1 cm³/mol. The average Bonchev–Trinajstić information content (AvgIpc) is 2.94. The molecule has 1 saturated carbocycles. The monoisotopic (exact) mass is 306 g/mol. The van der Waals surface area contributed by atoms with Crippen LogP contribution in [0.4, 0.5) is 0 Å². The van der Waals surface area contributed by atoms with Gasteiger partial charge in [0, 0.05) is 0 Å². The van der Waals surface area contributed by atoms with E-state index in [4.69, 9.17) is 11.6 Å². The maximum atomic E-state index is 7.04. The summed E-state index contributed by atoms with van der Waals surface area (Å²) < 4.78 is 0. The summed E-state index contributed by atoms with van der Waals surface area (Å²) in [5, 5.41) is 0.179. The molecule has 0 radical (unpaired) electrons. The molecule has 0 spiro atoms. The van der Waals surface area contributed by atoms with Gasteiger partial charge in [-0.2, -0.15) is 0 Å². The topological polar surface area (TPSA) is 0 Å². The Bertz CT molecular complexity index is 455. The normalized spacial score (nSPS) is 19.1. The lowest BCUT2D eigenvalue weighted by molar-refractivity contribution is 0.223. The first-order valence-electron chi connectivity index (χ1n) is 8.78. The predicted octanol–water partition coefficient (Wildman–Crippen LogP) is 6.70. The average molecular weight is 307 g/mol. The molecule has 0 N–H and O–H groups in total. The van der Waals surface area contributed by atoms with Gasteiger partial charge in [-0.3, -0.25) is 0 Å². The van der Waals surface area contributed by atoms with E-state index in [0.29, 0.717) is 5.41 Å². The number of hydrogen-bond donors (Lipinski definition) is 0. The minimum Gasteiger partial charge on any atom is -0.117 e. The summed E-state index contributed by atoms with van der Waals surface area (Å²) in [5.74, 6) is 0.727. The van der Waals surface area contributed by atoms with E-state index in [2.05, 4.69) is 45.9 Å². The van der Waals surface area contributed by atoms with Gasteiger partial charge in [0.15, 0.2) is 0 Å². The second kappa shape index (κ2) is 7.18. The highest BCUT2D eigenvalue weighted by Gasteiger charge is 2.41. The van der Waals surface area contributed by atoms with Crippen molar-refractivity contribution < 1.29 is 0 Å². The highest BCUT2D eigenvalue weighted by atomic mass is 35.5. The number of alkyl halides is 1. The molecule has 1 aliphatic carbocycles. The minimum atomic E-state index is 0.179. The molecular weight excluding hydrogens is 276 g/mol. The van der Waals surface area contributed by atoms with Crippen molar-refractivity contribution in [3.63, 3.8) is 0 Å². The van der Waals surface area contributed by atoms with Crippen LogP contribution in [0.2, 0.25) is 0 Å². The summed E-state index contributed by atoms with van der Waals surface area (Å²) in [5.41, 5.74) is 4.65. The van der Waals surface area contributed by atoms with E-state index in [-0.39, 0.29) is 5.38 Å². The molecule has 0 amide bonds. The van der Waals surface area contributed by atoms with Crippen molar-refractivity contribution in [3.8, 4) is 0 Å². The first-order chi connectivity index (χ1) is 10.0. The van der Waals surface area contributed by atoms with Crippen LogP contribution in [0, 0.1) is 11.3 Å². The molecule has 0 bridgehead atoms. The van der Waals surface area contributed by atoms with Gasteiger partial charge in [-0.15, -0.1) is 11.6 Å². The van der Waals surface area contributed by atoms with Crippen molar-refractivity contribution in [3.05, 3.63) is 34.9 Å². The quantitative estimate of drug-likeness (QED) is 0.513. The molecule has 1 aromatic carbocycles. The zero-order valence-corrected chi connectivity index (χ0v) is 15.0. The SMILES string of the molecule is CCc1ccc(C(Cl)C2(CC(C)C)CCCC2)cc1CC. The van der Waals surface area contributed by atoms with Crippen LogP contribution in [-0.4, -0.2) is 0 Å². The van der Waals surface area contributed by atoms with E-state index >= 15 is 0 Å². The Kier molecular flexibility index (Phi) is 5.77. The van der Waals surface area contributed by atoms with Crippen molar-refractivity contribution in [2.24, 2.45) is 11.3 Å². The molecule has 0 nitrogen and oxygen atoms in total. The summed E-state index contributed by atoms with van der Waals surface area (Å²) in [6.45, 7) is 9.16. The third-order valence-corrected chi connectivity index (χ3v) is 5.95. The lowest BCUT2D eigenvalue weighted by Gasteiger charge is -2.36. The Morgan fingerprint density at radius 1 is 1.05 bits per heavy atom. The fraction of sp³-hybridized carbons (Fsp3) is 0.700. The molecule has 1 unspecified atom stereocenters. The van der Waals surface area contributed by atoms with Gasteiger partial charge >= 0.3 is 0 Å². The van der Waals surface area contributed by atoms with Crippen LogP contribution in [0.3, 0.4) is 0 Å². The molecule has 1 atom stereocenters. The third kappa shape index (κ3) is 3.65. The van der Waals surface area contributed by atoms with Crippen molar-refractivity contribution in [2.75, 3.05) is 0 Å². The number of benzene rings is 1. The van der Waals surface area contributed by atoms with Crippen LogP contribution in [0.25, 0.3) is 0 Å². The minimum absolute atomic E-state index is 0.179. The van der Waals surface area contributed by atoms with Gasteiger partial charge in [0.1, 0.15) is 0 Å². The maximum Gasteiger partial charge on any atom is 0.0641 e. The van der Waals surface area contributed by atoms with E-state index in [1.54, 1.807) is 0 Å². The molecule has 1 fully saturated rings. The van der Waals surface area contributed by atoms with Crippen LogP contribution in [0.5, 0.6) is 0 Å². The van der Waals surface area contributed by atoms with Crippen LogP contribution in [0.15, 0.2) is 18.2 Å². The number of aryl methyl sites for hydroxylation is 2. The Labute approximate surface area is 136 Å². The summed E-state index contributed by atoms with van der Waals surface area (Å²) in [6.07, 6.45) is 8.80. The molecule has 0 aromatic heterocycles. The molecule has 21 heavy (non-hydrogen) atoms. The molecule has 0 aliphatic heterocycles. The lowest BCUT2D eigenvalue weighted by atomic mass is 9.73. The fourth-order valence-corrected chi connectivity index (χ4v) is 4.73.